The second kappa shape index (κ2) is 5.76. The van der Waals surface area contributed by atoms with Crippen molar-refractivity contribution in [2.75, 3.05) is 20.6 Å². The number of Topliss-reactive ketones (excluding diaryl/α,β-unsaturated/α-hetero) is 1. The quantitative estimate of drug-likeness (QED) is 0.783. The van der Waals surface area contributed by atoms with Crippen LogP contribution in [0.4, 0.5) is 0 Å². The topological polar surface area (TPSA) is 25.2 Å². The SMILES string of the molecule is CC(=O)c1cn(CCCN(C)C)c2c(Cl)cccc12. The third-order valence-electron chi connectivity index (χ3n) is 3.23. The average Bonchev–Trinajstić information content (AvgIpc) is 2.69. The van der Waals surface area contributed by atoms with Gasteiger partial charge in [-0.15, -0.1) is 0 Å². The average molecular weight is 279 g/mol. The van der Waals surface area contributed by atoms with Gasteiger partial charge in [0.15, 0.2) is 5.78 Å². The zero-order valence-corrected chi connectivity index (χ0v) is 12.4. The Balaban J connectivity index is 2.40. The third-order valence-corrected chi connectivity index (χ3v) is 3.54. The lowest BCUT2D eigenvalue weighted by Crippen LogP contribution is -2.14. The molecule has 0 aliphatic heterocycles. The number of halogens is 1. The van der Waals surface area contributed by atoms with Crippen LogP contribution in [-0.2, 0) is 6.54 Å². The fraction of sp³-hybridized carbons (Fsp3) is 0.400. The first-order valence-electron chi connectivity index (χ1n) is 6.43. The van der Waals surface area contributed by atoms with Crippen molar-refractivity contribution in [1.29, 1.82) is 0 Å². The maximum Gasteiger partial charge on any atom is 0.161 e. The lowest BCUT2D eigenvalue weighted by Gasteiger charge is -2.10. The van der Waals surface area contributed by atoms with E-state index >= 15 is 0 Å². The highest BCUT2D eigenvalue weighted by atomic mass is 35.5. The van der Waals surface area contributed by atoms with E-state index in [2.05, 4.69) is 23.6 Å². The van der Waals surface area contributed by atoms with Gasteiger partial charge in [0.25, 0.3) is 0 Å². The maximum absolute atomic E-state index is 11.7. The highest BCUT2D eigenvalue weighted by Gasteiger charge is 2.13. The maximum atomic E-state index is 11.7. The van der Waals surface area contributed by atoms with E-state index < -0.39 is 0 Å². The van der Waals surface area contributed by atoms with Crippen LogP contribution in [0.15, 0.2) is 24.4 Å². The Morgan fingerprint density at radius 3 is 2.74 bits per heavy atom. The van der Waals surface area contributed by atoms with E-state index in [1.807, 2.05) is 24.4 Å². The molecule has 1 aromatic carbocycles. The molecular formula is C15H19ClN2O. The lowest BCUT2D eigenvalue weighted by atomic mass is 10.1. The smallest absolute Gasteiger partial charge is 0.161 e. The highest BCUT2D eigenvalue weighted by Crippen LogP contribution is 2.28. The molecule has 0 saturated heterocycles. The zero-order valence-electron chi connectivity index (χ0n) is 11.6. The van der Waals surface area contributed by atoms with Crippen LogP contribution in [0.25, 0.3) is 10.9 Å². The molecule has 0 radical (unpaired) electrons. The molecule has 0 bridgehead atoms. The van der Waals surface area contributed by atoms with Crippen molar-refractivity contribution in [3.8, 4) is 0 Å². The molecule has 102 valence electrons. The van der Waals surface area contributed by atoms with Gasteiger partial charge >= 0.3 is 0 Å². The van der Waals surface area contributed by atoms with Gasteiger partial charge in [-0.2, -0.15) is 0 Å². The van der Waals surface area contributed by atoms with Crippen LogP contribution in [0, 0.1) is 0 Å². The summed E-state index contributed by atoms with van der Waals surface area (Å²) < 4.78 is 2.10. The summed E-state index contributed by atoms with van der Waals surface area (Å²) in [5.41, 5.74) is 1.72. The number of aromatic nitrogens is 1. The van der Waals surface area contributed by atoms with Crippen LogP contribution in [-0.4, -0.2) is 35.9 Å². The number of hydrogen-bond donors (Lipinski definition) is 0. The monoisotopic (exact) mass is 278 g/mol. The van der Waals surface area contributed by atoms with Crippen molar-refractivity contribution < 1.29 is 4.79 Å². The summed E-state index contributed by atoms with van der Waals surface area (Å²) in [5, 5.41) is 1.65. The molecule has 0 unspecified atom stereocenters. The van der Waals surface area contributed by atoms with Gasteiger partial charge in [0.1, 0.15) is 0 Å². The van der Waals surface area contributed by atoms with Gasteiger partial charge in [-0.1, -0.05) is 23.7 Å². The van der Waals surface area contributed by atoms with Gasteiger partial charge in [0.05, 0.1) is 10.5 Å². The van der Waals surface area contributed by atoms with Gasteiger partial charge in [-0.3, -0.25) is 4.79 Å². The third kappa shape index (κ3) is 2.99. The first kappa shape index (κ1) is 14.1. The van der Waals surface area contributed by atoms with Gasteiger partial charge in [-0.25, -0.2) is 0 Å². The second-order valence-electron chi connectivity index (χ2n) is 5.09. The first-order chi connectivity index (χ1) is 9.00. The molecule has 0 spiro atoms. The number of fused-ring (bicyclic) bond motifs is 1. The normalized spacial score (nSPS) is 11.4. The van der Waals surface area contributed by atoms with E-state index in [-0.39, 0.29) is 5.78 Å². The van der Waals surface area contributed by atoms with Gasteiger partial charge in [-0.05, 0) is 40.1 Å². The number of benzene rings is 1. The Labute approximate surface area is 118 Å². The Bertz CT molecular complexity index is 601. The van der Waals surface area contributed by atoms with Crippen LogP contribution in [0.5, 0.6) is 0 Å². The Kier molecular flexibility index (Phi) is 4.27. The lowest BCUT2D eigenvalue weighted by molar-refractivity contribution is 0.101. The van der Waals surface area contributed by atoms with Crippen molar-refractivity contribution in [1.82, 2.24) is 9.47 Å². The molecule has 3 nitrogen and oxygen atoms in total. The number of nitrogens with zero attached hydrogens (tertiary/aromatic N) is 2. The van der Waals surface area contributed by atoms with Crippen molar-refractivity contribution in [2.24, 2.45) is 0 Å². The van der Waals surface area contributed by atoms with Crippen LogP contribution in [0.2, 0.25) is 5.02 Å². The Morgan fingerprint density at radius 2 is 2.11 bits per heavy atom. The minimum absolute atomic E-state index is 0.0821. The van der Waals surface area contributed by atoms with Crippen molar-refractivity contribution >= 4 is 28.3 Å². The Morgan fingerprint density at radius 1 is 1.37 bits per heavy atom. The molecule has 0 fully saturated rings. The number of hydrogen-bond acceptors (Lipinski definition) is 2. The van der Waals surface area contributed by atoms with E-state index in [1.54, 1.807) is 6.92 Å². The van der Waals surface area contributed by atoms with E-state index in [4.69, 9.17) is 11.6 Å². The largest absolute Gasteiger partial charge is 0.345 e. The molecule has 0 N–H and O–H groups in total. The molecule has 2 aromatic rings. The second-order valence-corrected chi connectivity index (χ2v) is 5.49. The number of aryl methyl sites for hydroxylation is 1. The predicted molar refractivity (Wildman–Crippen MR) is 80.1 cm³/mol. The van der Waals surface area contributed by atoms with Crippen molar-refractivity contribution in [2.45, 2.75) is 19.9 Å². The van der Waals surface area contributed by atoms with Crippen LogP contribution >= 0.6 is 11.6 Å². The number of carbonyl (C=O) groups is 1. The molecule has 4 heteroatoms. The van der Waals surface area contributed by atoms with E-state index in [0.717, 1.165) is 36.0 Å². The van der Waals surface area contributed by atoms with Gasteiger partial charge in [0, 0.05) is 23.7 Å². The predicted octanol–water partition coefficient (Wildman–Crippen LogP) is 3.45. The van der Waals surface area contributed by atoms with E-state index in [1.165, 1.54) is 0 Å². The van der Waals surface area contributed by atoms with Crippen LogP contribution in [0.3, 0.4) is 0 Å². The minimum Gasteiger partial charge on any atom is -0.345 e. The summed E-state index contributed by atoms with van der Waals surface area (Å²) in [7, 11) is 4.11. The fourth-order valence-electron chi connectivity index (χ4n) is 2.33. The molecule has 0 amide bonds. The van der Waals surface area contributed by atoms with E-state index in [0.29, 0.717) is 5.02 Å². The van der Waals surface area contributed by atoms with Gasteiger partial charge < -0.3 is 9.47 Å². The highest BCUT2D eigenvalue weighted by molar-refractivity contribution is 6.35. The van der Waals surface area contributed by atoms with E-state index in [9.17, 15) is 4.79 Å². The molecule has 0 aliphatic rings. The molecule has 1 aromatic heterocycles. The van der Waals surface area contributed by atoms with Crippen molar-refractivity contribution in [3.63, 3.8) is 0 Å². The number of rotatable bonds is 5. The summed E-state index contributed by atoms with van der Waals surface area (Å²) in [6.07, 6.45) is 2.95. The Hall–Kier alpha value is -1.32. The molecule has 2 rings (SSSR count). The fourth-order valence-corrected chi connectivity index (χ4v) is 2.61. The van der Waals surface area contributed by atoms with Gasteiger partial charge in [0.2, 0.25) is 0 Å². The number of carbonyl (C=O) groups excluding carboxylic acids is 1. The zero-order chi connectivity index (χ0) is 14.0. The minimum atomic E-state index is 0.0821. The number of ketones is 1. The number of para-hydroxylation sites is 1. The molecular weight excluding hydrogens is 260 g/mol. The summed E-state index contributed by atoms with van der Waals surface area (Å²) >= 11 is 6.28. The molecule has 1 heterocycles. The van der Waals surface area contributed by atoms with Crippen molar-refractivity contribution in [3.05, 3.63) is 35.0 Å². The molecule has 19 heavy (non-hydrogen) atoms. The summed E-state index contributed by atoms with van der Waals surface area (Å²) in [6, 6.07) is 5.72. The molecule has 0 saturated carbocycles. The summed E-state index contributed by atoms with van der Waals surface area (Å²) in [5.74, 6) is 0.0821. The molecule has 0 atom stereocenters. The summed E-state index contributed by atoms with van der Waals surface area (Å²) in [6.45, 7) is 3.48. The van der Waals surface area contributed by atoms with Crippen LogP contribution in [0.1, 0.15) is 23.7 Å². The summed E-state index contributed by atoms with van der Waals surface area (Å²) in [4.78, 5) is 13.9. The molecule has 0 aliphatic carbocycles. The standard InChI is InChI=1S/C15H19ClN2O/c1-11(19)13-10-18(9-5-8-17(2)3)15-12(13)6-4-7-14(15)16/h4,6-7,10H,5,8-9H2,1-3H3. The first-order valence-corrected chi connectivity index (χ1v) is 6.81. The van der Waals surface area contributed by atoms with Crippen LogP contribution < -0.4 is 0 Å².